The molecule has 1 saturated carbocycles. The second-order valence-electron chi connectivity index (χ2n) is 6.81. The number of rotatable bonds is 4. The third-order valence-electron chi connectivity index (χ3n) is 4.89. The summed E-state index contributed by atoms with van der Waals surface area (Å²) in [6, 6.07) is 1.52. The Morgan fingerprint density at radius 1 is 1.42 bits per heavy atom. The molecule has 19 heavy (non-hydrogen) atoms. The number of aliphatic imine (C=N–C) groups is 1. The smallest absolute Gasteiger partial charge is 0.191 e. The van der Waals surface area contributed by atoms with Gasteiger partial charge in [0.15, 0.2) is 5.96 Å². The van der Waals surface area contributed by atoms with Crippen LogP contribution in [0.1, 0.15) is 26.2 Å². The van der Waals surface area contributed by atoms with Gasteiger partial charge in [-0.05, 0) is 40.3 Å². The largest absolute Gasteiger partial charge is 0.370 e. The van der Waals surface area contributed by atoms with Crippen molar-refractivity contribution >= 4 is 5.96 Å². The maximum absolute atomic E-state index is 6.14. The lowest BCUT2D eigenvalue weighted by Crippen LogP contribution is -2.55. The Bertz CT molecular complexity index is 376. The summed E-state index contributed by atoms with van der Waals surface area (Å²) in [6.45, 7) is 6.44. The Kier molecular flexibility index (Phi) is 3.21. The molecule has 2 unspecified atom stereocenters. The van der Waals surface area contributed by atoms with E-state index in [1.165, 1.54) is 19.3 Å². The fourth-order valence-corrected chi connectivity index (χ4v) is 3.73. The third-order valence-corrected chi connectivity index (χ3v) is 4.89. The monoisotopic (exact) mass is 265 g/mol. The molecule has 0 amide bonds. The summed E-state index contributed by atoms with van der Waals surface area (Å²) in [6.07, 6.45) is 3.98. The highest BCUT2D eigenvalue weighted by Gasteiger charge is 2.52. The first-order valence-corrected chi connectivity index (χ1v) is 7.50. The van der Waals surface area contributed by atoms with Gasteiger partial charge in [0, 0.05) is 31.7 Å². The first-order chi connectivity index (χ1) is 9.02. The minimum atomic E-state index is 0.183. The normalized spacial score (nSPS) is 35.7. The highest BCUT2D eigenvalue weighted by atomic mass is 15.4. The molecule has 3 rings (SSSR count). The molecule has 108 valence electrons. The van der Waals surface area contributed by atoms with Crippen molar-refractivity contribution in [2.75, 3.05) is 40.3 Å². The van der Waals surface area contributed by atoms with E-state index in [1.807, 2.05) is 0 Å². The van der Waals surface area contributed by atoms with Crippen LogP contribution in [0.3, 0.4) is 0 Å². The van der Waals surface area contributed by atoms with Gasteiger partial charge in [0.2, 0.25) is 0 Å². The molecule has 3 aliphatic rings. The average Bonchev–Trinajstić information content (AvgIpc) is 3.07. The summed E-state index contributed by atoms with van der Waals surface area (Å²) >= 11 is 0. The Labute approximate surface area is 116 Å². The molecule has 0 bridgehead atoms. The van der Waals surface area contributed by atoms with Crippen molar-refractivity contribution in [3.8, 4) is 0 Å². The van der Waals surface area contributed by atoms with E-state index < -0.39 is 0 Å². The zero-order chi connectivity index (χ0) is 13.6. The van der Waals surface area contributed by atoms with Gasteiger partial charge in [-0.15, -0.1) is 0 Å². The molecule has 2 aliphatic heterocycles. The number of nitrogens with two attached hydrogens (primary N) is 1. The van der Waals surface area contributed by atoms with Gasteiger partial charge in [0.25, 0.3) is 0 Å². The maximum Gasteiger partial charge on any atom is 0.191 e. The molecule has 0 aromatic rings. The minimum absolute atomic E-state index is 0.183. The van der Waals surface area contributed by atoms with Crippen LogP contribution in [0.15, 0.2) is 4.99 Å². The molecule has 2 atom stereocenters. The molecule has 2 fully saturated rings. The van der Waals surface area contributed by atoms with Crippen LogP contribution < -0.4 is 5.73 Å². The van der Waals surface area contributed by atoms with Crippen molar-refractivity contribution in [3.63, 3.8) is 0 Å². The predicted octanol–water partition coefficient (Wildman–Crippen LogP) is 0.174. The Hall–Kier alpha value is -0.810. The molecule has 1 saturated heterocycles. The van der Waals surface area contributed by atoms with E-state index in [0.717, 1.165) is 38.2 Å². The van der Waals surface area contributed by atoms with Gasteiger partial charge in [-0.3, -0.25) is 9.89 Å². The Morgan fingerprint density at radius 2 is 2.16 bits per heavy atom. The quantitative estimate of drug-likeness (QED) is 0.787. The van der Waals surface area contributed by atoms with E-state index in [-0.39, 0.29) is 5.54 Å². The Morgan fingerprint density at radius 3 is 2.79 bits per heavy atom. The lowest BCUT2D eigenvalue weighted by atomic mass is 9.95. The highest BCUT2D eigenvalue weighted by molar-refractivity contribution is 5.81. The minimum Gasteiger partial charge on any atom is -0.370 e. The fourth-order valence-electron chi connectivity index (χ4n) is 3.73. The van der Waals surface area contributed by atoms with Crippen LogP contribution in [-0.4, -0.2) is 78.6 Å². The van der Waals surface area contributed by atoms with Gasteiger partial charge in [-0.2, -0.15) is 0 Å². The SMILES string of the molecule is CC1CC2(CN=C(N)N2CCN(C)C)CN1C1CC1. The van der Waals surface area contributed by atoms with Gasteiger partial charge >= 0.3 is 0 Å². The number of nitrogens with zero attached hydrogens (tertiary/aromatic N) is 4. The van der Waals surface area contributed by atoms with E-state index in [2.05, 4.69) is 40.7 Å². The van der Waals surface area contributed by atoms with Crippen molar-refractivity contribution in [2.24, 2.45) is 10.7 Å². The number of likely N-dealkylation sites (tertiary alicyclic amines) is 1. The molecule has 2 N–H and O–H groups in total. The molecular formula is C14H27N5. The number of guanidine groups is 1. The summed E-state index contributed by atoms with van der Waals surface area (Å²) < 4.78 is 0. The molecule has 1 spiro atoms. The van der Waals surface area contributed by atoms with Gasteiger partial charge < -0.3 is 15.5 Å². The number of hydrogen-bond acceptors (Lipinski definition) is 5. The summed E-state index contributed by atoms with van der Waals surface area (Å²) in [5.41, 5.74) is 6.32. The van der Waals surface area contributed by atoms with Gasteiger partial charge in [-0.1, -0.05) is 0 Å². The van der Waals surface area contributed by atoms with Gasteiger partial charge in [0.1, 0.15) is 0 Å². The van der Waals surface area contributed by atoms with E-state index >= 15 is 0 Å². The molecule has 0 aromatic carbocycles. The van der Waals surface area contributed by atoms with E-state index in [0.29, 0.717) is 6.04 Å². The van der Waals surface area contributed by atoms with Crippen molar-refractivity contribution in [1.29, 1.82) is 0 Å². The topological polar surface area (TPSA) is 48.1 Å². The van der Waals surface area contributed by atoms with Gasteiger partial charge in [-0.25, -0.2) is 0 Å². The summed E-state index contributed by atoms with van der Waals surface area (Å²) in [7, 11) is 4.23. The molecular weight excluding hydrogens is 238 g/mol. The standard InChI is InChI=1S/C14H27N5/c1-11-8-14(10-18(11)12-4-5-12)9-16-13(15)19(14)7-6-17(2)3/h11-12H,4-10H2,1-3H3,(H2,15,16). The summed E-state index contributed by atoms with van der Waals surface area (Å²) in [5.74, 6) is 0.756. The molecule has 5 heteroatoms. The maximum atomic E-state index is 6.14. The van der Waals surface area contributed by atoms with Crippen LogP contribution in [0.2, 0.25) is 0 Å². The molecule has 0 aromatic heterocycles. The zero-order valence-electron chi connectivity index (χ0n) is 12.5. The van der Waals surface area contributed by atoms with Crippen molar-refractivity contribution < 1.29 is 0 Å². The van der Waals surface area contributed by atoms with Crippen molar-refractivity contribution in [3.05, 3.63) is 0 Å². The van der Waals surface area contributed by atoms with Crippen LogP contribution in [0, 0.1) is 0 Å². The summed E-state index contributed by atoms with van der Waals surface area (Å²) in [4.78, 5) is 11.8. The van der Waals surface area contributed by atoms with Crippen LogP contribution >= 0.6 is 0 Å². The van der Waals surface area contributed by atoms with Crippen LogP contribution in [-0.2, 0) is 0 Å². The lowest BCUT2D eigenvalue weighted by molar-refractivity contribution is 0.178. The second kappa shape index (κ2) is 4.63. The summed E-state index contributed by atoms with van der Waals surface area (Å²) in [5, 5.41) is 0. The lowest BCUT2D eigenvalue weighted by Gasteiger charge is -2.36. The molecule has 1 aliphatic carbocycles. The van der Waals surface area contributed by atoms with E-state index in [9.17, 15) is 0 Å². The van der Waals surface area contributed by atoms with Crippen molar-refractivity contribution in [2.45, 2.75) is 43.8 Å². The van der Waals surface area contributed by atoms with Crippen LogP contribution in [0.4, 0.5) is 0 Å². The predicted molar refractivity (Wildman–Crippen MR) is 78.3 cm³/mol. The van der Waals surface area contributed by atoms with Crippen molar-refractivity contribution in [1.82, 2.24) is 14.7 Å². The van der Waals surface area contributed by atoms with Crippen LogP contribution in [0.5, 0.6) is 0 Å². The Balaban J connectivity index is 1.72. The molecule has 0 radical (unpaired) electrons. The third kappa shape index (κ3) is 2.34. The van der Waals surface area contributed by atoms with E-state index in [4.69, 9.17) is 5.73 Å². The molecule has 5 nitrogen and oxygen atoms in total. The number of likely N-dealkylation sites (N-methyl/N-ethyl adjacent to an activating group) is 1. The van der Waals surface area contributed by atoms with Gasteiger partial charge in [0.05, 0.1) is 12.1 Å². The molecule has 2 heterocycles. The van der Waals surface area contributed by atoms with E-state index in [1.54, 1.807) is 0 Å². The first kappa shape index (κ1) is 13.2. The highest BCUT2D eigenvalue weighted by Crippen LogP contribution is 2.41. The average molecular weight is 265 g/mol. The van der Waals surface area contributed by atoms with Crippen LogP contribution in [0.25, 0.3) is 0 Å². The number of hydrogen-bond donors (Lipinski definition) is 1. The second-order valence-corrected chi connectivity index (χ2v) is 6.81. The first-order valence-electron chi connectivity index (χ1n) is 7.50. The zero-order valence-corrected chi connectivity index (χ0v) is 12.5. The fraction of sp³-hybridized carbons (Fsp3) is 0.929.